The summed E-state index contributed by atoms with van der Waals surface area (Å²) in [7, 11) is 0. The van der Waals surface area contributed by atoms with E-state index in [2.05, 4.69) is 45.1 Å². The van der Waals surface area contributed by atoms with Gasteiger partial charge in [-0.1, -0.05) is 60.7 Å². The molecule has 2 aromatic rings. The number of benzene rings is 2. The smallest absolute Gasteiger partial charge is 0.165 e. The van der Waals surface area contributed by atoms with Crippen LogP contribution in [0.15, 0.2) is 66.2 Å². The lowest BCUT2D eigenvalue weighted by Crippen LogP contribution is -2.52. The SMILES string of the molecule is CC(=O)C1=C(c2ccccc2)ON2C1(c1ccccc1)NC(C)(C)C2(C)C. The predicted molar refractivity (Wildman–Crippen MR) is 106 cm³/mol. The molecular weight excluding hydrogens is 336 g/mol. The molecule has 0 aliphatic carbocycles. The second-order valence-corrected chi connectivity index (χ2v) is 8.40. The van der Waals surface area contributed by atoms with Gasteiger partial charge in [-0.15, -0.1) is 5.06 Å². The van der Waals surface area contributed by atoms with Crippen LogP contribution in [-0.4, -0.2) is 21.9 Å². The topological polar surface area (TPSA) is 41.6 Å². The van der Waals surface area contributed by atoms with Crippen molar-refractivity contribution in [2.75, 3.05) is 0 Å². The largest absolute Gasteiger partial charge is 0.402 e. The van der Waals surface area contributed by atoms with E-state index in [4.69, 9.17) is 4.84 Å². The van der Waals surface area contributed by atoms with E-state index in [0.717, 1.165) is 11.1 Å². The monoisotopic (exact) mass is 362 g/mol. The summed E-state index contributed by atoms with van der Waals surface area (Å²) < 4.78 is 0. The Hall–Kier alpha value is -2.43. The van der Waals surface area contributed by atoms with Crippen LogP contribution in [0.4, 0.5) is 0 Å². The molecule has 4 rings (SSSR count). The second kappa shape index (κ2) is 5.78. The van der Waals surface area contributed by atoms with Crippen LogP contribution in [-0.2, 0) is 15.3 Å². The number of hydroxylamine groups is 2. The minimum Gasteiger partial charge on any atom is -0.402 e. The van der Waals surface area contributed by atoms with Crippen LogP contribution < -0.4 is 5.32 Å². The zero-order valence-corrected chi connectivity index (χ0v) is 16.5. The van der Waals surface area contributed by atoms with Crippen molar-refractivity contribution in [2.45, 2.75) is 51.4 Å². The molecule has 140 valence electrons. The molecule has 4 heteroatoms. The van der Waals surface area contributed by atoms with Crippen LogP contribution in [0.25, 0.3) is 5.76 Å². The van der Waals surface area contributed by atoms with Gasteiger partial charge in [0.25, 0.3) is 0 Å². The Balaban J connectivity index is 2.04. The third-order valence-electron chi connectivity index (χ3n) is 6.19. The molecule has 2 heterocycles. The number of hydrogen-bond donors (Lipinski definition) is 1. The molecule has 2 aliphatic rings. The van der Waals surface area contributed by atoms with Crippen LogP contribution in [0.2, 0.25) is 0 Å². The number of Topliss-reactive ketones (excluding diaryl/α,β-unsaturated/α-hetero) is 1. The van der Waals surface area contributed by atoms with Gasteiger partial charge >= 0.3 is 0 Å². The first-order valence-electron chi connectivity index (χ1n) is 9.36. The molecular formula is C23H26N2O2. The van der Waals surface area contributed by atoms with Crippen LogP contribution in [0.3, 0.4) is 0 Å². The van der Waals surface area contributed by atoms with Crippen LogP contribution >= 0.6 is 0 Å². The highest BCUT2D eigenvalue weighted by molar-refractivity contribution is 6.03. The lowest BCUT2D eigenvalue weighted by molar-refractivity contribution is -0.178. The molecule has 0 spiro atoms. The van der Waals surface area contributed by atoms with Crippen LogP contribution in [0.5, 0.6) is 0 Å². The van der Waals surface area contributed by atoms with Gasteiger partial charge in [-0.25, -0.2) is 0 Å². The molecule has 2 aliphatic heterocycles. The number of hydrogen-bond acceptors (Lipinski definition) is 4. The molecule has 0 radical (unpaired) electrons. The highest BCUT2D eigenvalue weighted by Crippen LogP contribution is 2.56. The van der Waals surface area contributed by atoms with Crippen molar-refractivity contribution in [2.24, 2.45) is 0 Å². The van der Waals surface area contributed by atoms with Gasteiger partial charge in [0.05, 0.1) is 11.1 Å². The molecule has 1 N–H and O–H groups in total. The van der Waals surface area contributed by atoms with Gasteiger partial charge in [-0.3, -0.25) is 10.1 Å². The number of nitrogens with one attached hydrogen (secondary N) is 1. The van der Waals surface area contributed by atoms with E-state index in [-0.39, 0.29) is 16.9 Å². The summed E-state index contributed by atoms with van der Waals surface area (Å²) >= 11 is 0. The Morgan fingerprint density at radius 3 is 2.04 bits per heavy atom. The first kappa shape index (κ1) is 18.0. The highest BCUT2D eigenvalue weighted by atomic mass is 16.7. The Labute approximate surface area is 160 Å². The molecule has 0 bridgehead atoms. The fraction of sp³-hybridized carbons (Fsp3) is 0.348. The van der Waals surface area contributed by atoms with Crippen molar-refractivity contribution in [1.82, 2.24) is 10.4 Å². The van der Waals surface area contributed by atoms with Crippen LogP contribution in [0.1, 0.15) is 45.7 Å². The Kier molecular flexibility index (Phi) is 3.85. The molecule has 0 saturated carbocycles. The fourth-order valence-electron chi connectivity index (χ4n) is 4.19. The molecule has 1 saturated heterocycles. The average Bonchev–Trinajstić information content (AvgIpc) is 3.06. The maximum Gasteiger partial charge on any atom is 0.165 e. The molecule has 1 atom stereocenters. The average molecular weight is 362 g/mol. The molecule has 0 aromatic heterocycles. The lowest BCUT2D eigenvalue weighted by atomic mass is 9.84. The third-order valence-corrected chi connectivity index (χ3v) is 6.19. The van der Waals surface area contributed by atoms with E-state index in [1.807, 2.05) is 53.6 Å². The number of carbonyl (C=O) groups excluding carboxylic acids is 1. The Morgan fingerprint density at radius 2 is 1.48 bits per heavy atom. The maximum atomic E-state index is 13.0. The summed E-state index contributed by atoms with van der Waals surface area (Å²) in [6, 6.07) is 20.0. The molecule has 1 fully saturated rings. The summed E-state index contributed by atoms with van der Waals surface area (Å²) in [4.78, 5) is 19.5. The van der Waals surface area contributed by atoms with Gasteiger partial charge in [0.2, 0.25) is 0 Å². The van der Waals surface area contributed by atoms with Crippen molar-refractivity contribution in [3.05, 3.63) is 77.4 Å². The van der Waals surface area contributed by atoms with E-state index in [1.165, 1.54) is 0 Å². The zero-order valence-electron chi connectivity index (χ0n) is 16.5. The minimum absolute atomic E-state index is 0.00112. The van der Waals surface area contributed by atoms with Gasteiger partial charge in [-0.2, -0.15) is 0 Å². The van der Waals surface area contributed by atoms with Crippen molar-refractivity contribution in [1.29, 1.82) is 0 Å². The van der Waals surface area contributed by atoms with Gasteiger partial charge in [0, 0.05) is 11.1 Å². The molecule has 27 heavy (non-hydrogen) atoms. The second-order valence-electron chi connectivity index (χ2n) is 8.40. The first-order valence-corrected chi connectivity index (χ1v) is 9.36. The first-order chi connectivity index (χ1) is 12.7. The van der Waals surface area contributed by atoms with E-state index < -0.39 is 5.66 Å². The van der Waals surface area contributed by atoms with E-state index >= 15 is 0 Å². The third kappa shape index (κ3) is 2.33. The van der Waals surface area contributed by atoms with Crippen molar-refractivity contribution in [3.63, 3.8) is 0 Å². The molecule has 4 nitrogen and oxygen atoms in total. The van der Waals surface area contributed by atoms with E-state index in [0.29, 0.717) is 11.3 Å². The molecule has 2 aromatic carbocycles. The Morgan fingerprint density at radius 1 is 0.926 bits per heavy atom. The summed E-state index contributed by atoms with van der Waals surface area (Å²) in [6.45, 7) is 10.2. The quantitative estimate of drug-likeness (QED) is 0.886. The van der Waals surface area contributed by atoms with Crippen molar-refractivity contribution < 1.29 is 9.63 Å². The van der Waals surface area contributed by atoms with Gasteiger partial charge in [-0.05, 0) is 40.2 Å². The van der Waals surface area contributed by atoms with Gasteiger partial charge in [0.1, 0.15) is 0 Å². The standard InChI is InChI=1S/C23H26N2O2/c1-16(26)19-20(17-12-8-6-9-13-17)27-25-22(4,5)21(2,3)24-23(19,25)18-14-10-7-11-15-18/h6-15,24H,1-5H3. The number of rotatable bonds is 3. The minimum atomic E-state index is -0.828. The van der Waals surface area contributed by atoms with Gasteiger partial charge < -0.3 is 4.84 Å². The number of ketones is 1. The summed E-state index contributed by atoms with van der Waals surface area (Å²) in [5, 5.41) is 5.75. The summed E-state index contributed by atoms with van der Waals surface area (Å²) in [6.07, 6.45) is 0. The maximum absolute atomic E-state index is 13.0. The predicted octanol–water partition coefficient (Wildman–Crippen LogP) is 4.25. The normalized spacial score (nSPS) is 26.0. The number of nitrogens with zero attached hydrogens (tertiary/aromatic N) is 1. The zero-order chi connectivity index (χ0) is 19.4. The van der Waals surface area contributed by atoms with E-state index in [1.54, 1.807) is 6.92 Å². The van der Waals surface area contributed by atoms with Crippen molar-refractivity contribution in [3.8, 4) is 0 Å². The number of carbonyl (C=O) groups is 1. The van der Waals surface area contributed by atoms with Crippen LogP contribution in [0, 0.1) is 0 Å². The van der Waals surface area contributed by atoms with Crippen molar-refractivity contribution >= 4 is 11.5 Å². The molecule has 0 amide bonds. The number of fused-ring (bicyclic) bond motifs is 1. The summed E-state index contributed by atoms with van der Waals surface area (Å²) in [5.41, 5.74) is 1.08. The van der Waals surface area contributed by atoms with Gasteiger partial charge in [0.15, 0.2) is 17.2 Å². The Bertz CT molecular complexity index is 916. The van der Waals surface area contributed by atoms with E-state index in [9.17, 15) is 4.79 Å². The summed E-state index contributed by atoms with van der Waals surface area (Å²) in [5.74, 6) is 0.629. The molecule has 1 unspecified atom stereocenters. The highest BCUT2D eigenvalue weighted by Gasteiger charge is 2.68. The lowest BCUT2D eigenvalue weighted by Gasteiger charge is -2.39. The fourth-order valence-corrected chi connectivity index (χ4v) is 4.19.